The number of nitrogens with zero attached hydrogens (tertiary/aromatic N) is 2. The zero-order valence-corrected chi connectivity index (χ0v) is 13.2. The van der Waals surface area contributed by atoms with Gasteiger partial charge in [0.1, 0.15) is 0 Å². The summed E-state index contributed by atoms with van der Waals surface area (Å²) in [6.45, 7) is 11.2. The molecular weight excluding hydrogens is 234 g/mol. The molecule has 0 aliphatic rings. The van der Waals surface area contributed by atoms with Gasteiger partial charge in [-0.1, -0.05) is 33.8 Å². The summed E-state index contributed by atoms with van der Waals surface area (Å²) in [6, 6.07) is 6.76. The summed E-state index contributed by atoms with van der Waals surface area (Å²) in [5, 5.41) is 0. The van der Waals surface area contributed by atoms with Crippen molar-refractivity contribution in [3.8, 4) is 0 Å². The van der Waals surface area contributed by atoms with Gasteiger partial charge in [0.25, 0.3) is 0 Å². The summed E-state index contributed by atoms with van der Waals surface area (Å²) < 4.78 is 0. The van der Waals surface area contributed by atoms with E-state index in [-0.39, 0.29) is 17.5 Å². The Balaban J connectivity index is 3.05. The summed E-state index contributed by atoms with van der Waals surface area (Å²) in [7, 11) is 2.16. The molecule has 1 heterocycles. The van der Waals surface area contributed by atoms with Crippen LogP contribution in [0.2, 0.25) is 0 Å². The Hall–Kier alpha value is -0.930. The normalized spacial score (nSPS) is 17.3. The van der Waals surface area contributed by atoms with Crippen LogP contribution >= 0.6 is 0 Å². The second-order valence-electron chi connectivity index (χ2n) is 6.48. The second kappa shape index (κ2) is 6.49. The van der Waals surface area contributed by atoms with Gasteiger partial charge in [-0.05, 0) is 37.9 Å². The Morgan fingerprint density at radius 2 is 1.95 bits per heavy atom. The maximum absolute atomic E-state index is 6.35. The molecule has 0 fully saturated rings. The van der Waals surface area contributed by atoms with Crippen molar-refractivity contribution in [2.24, 2.45) is 11.1 Å². The van der Waals surface area contributed by atoms with Crippen LogP contribution in [0.5, 0.6) is 0 Å². The van der Waals surface area contributed by atoms with Gasteiger partial charge >= 0.3 is 0 Å². The number of rotatable bonds is 5. The first kappa shape index (κ1) is 16.1. The van der Waals surface area contributed by atoms with E-state index in [9.17, 15) is 0 Å². The van der Waals surface area contributed by atoms with Crippen molar-refractivity contribution in [3.05, 3.63) is 30.1 Å². The van der Waals surface area contributed by atoms with Crippen LogP contribution in [0.1, 0.15) is 52.8 Å². The number of hydrogen-bond donors (Lipinski definition) is 1. The summed E-state index contributed by atoms with van der Waals surface area (Å²) in [5.41, 5.74) is 7.63. The van der Waals surface area contributed by atoms with Gasteiger partial charge in [0.2, 0.25) is 0 Å². The first-order valence-corrected chi connectivity index (χ1v) is 7.17. The molecule has 0 bridgehead atoms. The molecule has 19 heavy (non-hydrogen) atoms. The van der Waals surface area contributed by atoms with E-state index in [1.165, 1.54) is 0 Å². The molecule has 0 aliphatic carbocycles. The number of aromatic nitrogens is 1. The summed E-state index contributed by atoms with van der Waals surface area (Å²) >= 11 is 0. The Morgan fingerprint density at radius 1 is 1.32 bits per heavy atom. The number of likely N-dealkylation sites (N-methyl/N-ethyl adjacent to an activating group) is 1. The molecule has 3 nitrogen and oxygen atoms in total. The molecule has 3 heteroatoms. The molecule has 1 aromatic heterocycles. The summed E-state index contributed by atoms with van der Waals surface area (Å²) in [4.78, 5) is 6.88. The quantitative estimate of drug-likeness (QED) is 0.887. The molecule has 2 N–H and O–H groups in total. The van der Waals surface area contributed by atoms with Gasteiger partial charge in [0.15, 0.2) is 0 Å². The molecule has 0 aliphatic heterocycles. The minimum atomic E-state index is 0.102. The van der Waals surface area contributed by atoms with Crippen LogP contribution in [0.25, 0.3) is 0 Å². The molecule has 0 spiro atoms. The molecular formula is C16H29N3. The van der Waals surface area contributed by atoms with E-state index in [0.29, 0.717) is 6.04 Å². The van der Waals surface area contributed by atoms with E-state index in [4.69, 9.17) is 5.73 Å². The van der Waals surface area contributed by atoms with Crippen molar-refractivity contribution < 1.29 is 0 Å². The summed E-state index contributed by atoms with van der Waals surface area (Å²) in [5.74, 6) is 0. The van der Waals surface area contributed by atoms with E-state index < -0.39 is 0 Å². The van der Waals surface area contributed by atoms with Crippen LogP contribution in [0, 0.1) is 5.41 Å². The lowest BCUT2D eigenvalue weighted by Gasteiger charge is -2.42. The van der Waals surface area contributed by atoms with Gasteiger partial charge in [-0.25, -0.2) is 0 Å². The Bertz CT molecular complexity index is 369. The van der Waals surface area contributed by atoms with Crippen molar-refractivity contribution in [2.75, 3.05) is 7.05 Å². The molecule has 0 aromatic carbocycles. The highest BCUT2D eigenvalue weighted by atomic mass is 15.2. The molecule has 0 radical (unpaired) electrons. The van der Waals surface area contributed by atoms with E-state index in [0.717, 1.165) is 12.1 Å². The predicted octanol–water partition coefficient (Wildman–Crippen LogP) is 3.23. The van der Waals surface area contributed by atoms with E-state index in [1.807, 2.05) is 18.3 Å². The van der Waals surface area contributed by atoms with Crippen molar-refractivity contribution in [1.29, 1.82) is 0 Å². The average Bonchev–Trinajstić information content (AvgIpc) is 2.37. The molecule has 1 aromatic rings. The molecule has 0 amide bonds. The van der Waals surface area contributed by atoms with Gasteiger partial charge in [0.05, 0.1) is 11.7 Å². The number of hydrogen-bond acceptors (Lipinski definition) is 3. The van der Waals surface area contributed by atoms with Crippen LogP contribution in [0.15, 0.2) is 24.4 Å². The standard InChI is InChI=1S/C16H29N3/c1-7-13(17)15(14-10-8-9-11-18-14)19(6)12(2)16(3,4)5/h8-13,15H,7,17H2,1-6H3. The highest BCUT2D eigenvalue weighted by molar-refractivity contribution is 5.12. The second-order valence-corrected chi connectivity index (χ2v) is 6.48. The minimum absolute atomic E-state index is 0.102. The zero-order chi connectivity index (χ0) is 14.6. The number of pyridine rings is 1. The van der Waals surface area contributed by atoms with Gasteiger partial charge in [-0.15, -0.1) is 0 Å². The Labute approximate surface area is 118 Å². The SMILES string of the molecule is CCC(N)C(c1ccccn1)N(C)C(C)C(C)(C)C. The smallest absolute Gasteiger partial charge is 0.0673 e. The van der Waals surface area contributed by atoms with Crippen LogP contribution in [-0.4, -0.2) is 29.0 Å². The molecule has 0 saturated heterocycles. The highest BCUT2D eigenvalue weighted by Gasteiger charge is 2.32. The fraction of sp³-hybridized carbons (Fsp3) is 0.688. The minimum Gasteiger partial charge on any atom is -0.326 e. The third-order valence-corrected chi connectivity index (χ3v) is 4.17. The fourth-order valence-corrected chi connectivity index (χ4v) is 2.36. The Kier molecular flexibility index (Phi) is 5.50. The first-order chi connectivity index (χ1) is 8.79. The van der Waals surface area contributed by atoms with Gasteiger partial charge < -0.3 is 5.73 Å². The molecule has 3 unspecified atom stereocenters. The topological polar surface area (TPSA) is 42.1 Å². The van der Waals surface area contributed by atoms with Gasteiger partial charge in [-0.2, -0.15) is 0 Å². The average molecular weight is 263 g/mol. The third kappa shape index (κ3) is 4.02. The van der Waals surface area contributed by atoms with Crippen molar-refractivity contribution in [3.63, 3.8) is 0 Å². The molecule has 108 valence electrons. The van der Waals surface area contributed by atoms with Crippen LogP contribution < -0.4 is 5.73 Å². The highest BCUT2D eigenvalue weighted by Crippen LogP contribution is 2.31. The maximum atomic E-state index is 6.35. The lowest BCUT2D eigenvalue weighted by atomic mass is 9.85. The Morgan fingerprint density at radius 3 is 2.37 bits per heavy atom. The predicted molar refractivity (Wildman–Crippen MR) is 81.9 cm³/mol. The van der Waals surface area contributed by atoms with E-state index in [2.05, 4.69) is 57.6 Å². The van der Waals surface area contributed by atoms with Gasteiger partial charge in [0, 0.05) is 18.3 Å². The lowest BCUT2D eigenvalue weighted by Crippen LogP contribution is -2.47. The van der Waals surface area contributed by atoms with Crippen LogP contribution in [0.3, 0.4) is 0 Å². The number of nitrogens with two attached hydrogens (primary N) is 1. The summed E-state index contributed by atoms with van der Waals surface area (Å²) in [6.07, 6.45) is 2.79. The zero-order valence-electron chi connectivity index (χ0n) is 13.2. The van der Waals surface area contributed by atoms with E-state index in [1.54, 1.807) is 0 Å². The maximum Gasteiger partial charge on any atom is 0.0673 e. The first-order valence-electron chi connectivity index (χ1n) is 7.17. The van der Waals surface area contributed by atoms with Gasteiger partial charge in [-0.3, -0.25) is 9.88 Å². The third-order valence-electron chi connectivity index (χ3n) is 4.17. The molecule has 3 atom stereocenters. The van der Waals surface area contributed by atoms with Crippen LogP contribution in [-0.2, 0) is 0 Å². The van der Waals surface area contributed by atoms with Crippen LogP contribution in [0.4, 0.5) is 0 Å². The van der Waals surface area contributed by atoms with Crippen molar-refractivity contribution >= 4 is 0 Å². The molecule has 1 rings (SSSR count). The lowest BCUT2D eigenvalue weighted by molar-refractivity contribution is 0.0811. The van der Waals surface area contributed by atoms with E-state index >= 15 is 0 Å². The largest absolute Gasteiger partial charge is 0.326 e. The monoisotopic (exact) mass is 263 g/mol. The fourth-order valence-electron chi connectivity index (χ4n) is 2.36. The van der Waals surface area contributed by atoms with Crippen molar-refractivity contribution in [2.45, 2.75) is 59.2 Å². The molecule has 0 saturated carbocycles. The van der Waals surface area contributed by atoms with Crippen molar-refractivity contribution in [1.82, 2.24) is 9.88 Å².